The first-order valence-electron chi connectivity index (χ1n) is 3.93. The number of halogens is 2. The van der Waals surface area contributed by atoms with Crippen LogP contribution in [0.15, 0.2) is 0 Å². The van der Waals surface area contributed by atoms with Gasteiger partial charge in [-0.2, -0.15) is 8.78 Å². The lowest BCUT2D eigenvalue weighted by Crippen LogP contribution is -2.54. The van der Waals surface area contributed by atoms with Gasteiger partial charge in [0.25, 0.3) is 5.91 Å². The number of morpholine rings is 1. The maximum Gasteiger partial charge on any atom is 0.328 e. The molecule has 1 N–H and O–H groups in total. The zero-order valence-corrected chi connectivity index (χ0v) is 7.15. The molecule has 1 heterocycles. The fourth-order valence-electron chi connectivity index (χ4n) is 1.20. The number of hydrogen-bond acceptors (Lipinski definition) is 3. The minimum atomic E-state index is -3.17. The van der Waals surface area contributed by atoms with Gasteiger partial charge in [0.05, 0.1) is 13.2 Å². The van der Waals surface area contributed by atoms with Crippen molar-refractivity contribution >= 4 is 11.9 Å². The van der Waals surface area contributed by atoms with E-state index in [9.17, 15) is 18.4 Å². The van der Waals surface area contributed by atoms with E-state index in [-0.39, 0.29) is 19.8 Å². The Morgan fingerprint density at radius 3 is 2.64 bits per heavy atom. The van der Waals surface area contributed by atoms with Gasteiger partial charge in [-0.15, -0.1) is 0 Å². The van der Waals surface area contributed by atoms with Crippen LogP contribution in [0.25, 0.3) is 0 Å². The van der Waals surface area contributed by atoms with Gasteiger partial charge in [-0.05, 0) is 0 Å². The van der Waals surface area contributed by atoms with Crippen molar-refractivity contribution in [3.05, 3.63) is 0 Å². The van der Waals surface area contributed by atoms with Crippen LogP contribution >= 0.6 is 0 Å². The number of aliphatic carboxylic acids is 1. The average molecular weight is 209 g/mol. The van der Waals surface area contributed by atoms with Crippen molar-refractivity contribution in [2.45, 2.75) is 12.5 Å². The normalized spacial score (nSPS) is 22.5. The van der Waals surface area contributed by atoms with Crippen molar-refractivity contribution in [1.29, 1.82) is 0 Å². The summed E-state index contributed by atoms with van der Waals surface area (Å²) in [5, 5.41) is 8.62. The Hall–Kier alpha value is -1.24. The number of carboxylic acid groups (broad SMARTS) is 1. The highest BCUT2D eigenvalue weighted by atomic mass is 19.3. The number of carboxylic acids is 1. The van der Waals surface area contributed by atoms with Crippen LogP contribution in [-0.4, -0.2) is 54.1 Å². The zero-order chi connectivity index (χ0) is 10.7. The second kappa shape index (κ2) is 4.32. The van der Waals surface area contributed by atoms with Crippen LogP contribution in [0.4, 0.5) is 8.78 Å². The number of carbonyl (C=O) groups excluding carboxylic acids is 1. The van der Waals surface area contributed by atoms with Gasteiger partial charge in [0.1, 0.15) is 0 Å². The highest BCUT2D eigenvalue weighted by Gasteiger charge is 2.36. The Balaban J connectivity index is 2.72. The van der Waals surface area contributed by atoms with Crippen LogP contribution in [-0.2, 0) is 14.3 Å². The van der Waals surface area contributed by atoms with E-state index < -0.39 is 24.3 Å². The van der Waals surface area contributed by atoms with E-state index >= 15 is 0 Å². The summed E-state index contributed by atoms with van der Waals surface area (Å²) in [7, 11) is 0. The molecule has 1 atom stereocenters. The van der Waals surface area contributed by atoms with E-state index in [1.807, 2.05) is 0 Å². The summed E-state index contributed by atoms with van der Waals surface area (Å²) in [6, 6.07) is -1.30. The van der Waals surface area contributed by atoms with Gasteiger partial charge in [-0.3, -0.25) is 4.79 Å². The van der Waals surface area contributed by atoms with Crippen LogP contribution < -0.4 is 0 Å². The Morgan fingerprint density at radius 1 is 1.50 bits per heavy atom. The van der Waals surface area contributed by atoms with E-state index in [1.165, 1.54) is 0 Å². The highest BCUT2D eigenvalue weighted by molar-refractivity contribution is 5.85. The van der Waals surface area contributed by atoms with Gasteiger partial charge in [0, 0.05) is 6.54 Å². The average Bonchev–Trinajstić information content (AvgIpc) is 2.16. The molecule has 7 heteroatoms. The third-order valence-electron chi connectivity index (χ3n) is 1.88. The fraction of sp³-hybridized carbons (Fsp3) is 0.714. The lowest BCUT2D eigenvalue weighted by molar-refractivity contribution is -0.163. The molecule has 0 aromatic heterocycles. The highest BCUT2D eigenvalue weighted by Crippen LogP contribution is 2.11. The molecule has 1 amide bonds. The number of ether oxygens (including phenoxy) is 1. The first kappa shape index (κ1) is 10.8. The maximum atomic E-state index is 12.0. The SMILES string of the molecule is O=C(O)C1COCCN1C(=O)C(F)F. The van der Waals surface area contributed by atoms with Gasteiger partial charge in [-0.1, -0.05) is 0 Å². The summed E-state index contributed by atoms with van der Waals surface area (Å²) in [5.74, 6) is -2.79. The maximum absolute atomic E-state index is 12.0. The first-order valence-corrected chi connectivity index (χ1v) is 3.93. The quantitative estimate of drug-likeness (QED) is 0.669. The van der Waals surface area contributed by atoms with Crippen LogP contribution in [0.1, 0.15) is 0 Å². The second-order valence-electron chi connectivity index (χ2n) is 2.76. The van der Waals surface area contributed by atoms with Crippen molar-refractivity contribution in [2.75, 3.05) is 19.8 Å². The second-order valence-corrected chi connectivity index (χ2v) is 2.76. The predicted octanol–water partition coefficient (Wildman–Crippen LogP) is -0.437. The van der Waals surface area contributed by atoms with Gasteiger partial charge >= 0.3 is 12.4 Å². The molecule has 1 aliphatic rings. The molecule has 5 nitrogen and oxygen atoms in total. The fourth-order valence-corrected chi connectivity index (χ4v) is 1.20. The molecule has 1 unspecified atom stereocenters. The molecule has 0 spiro atoms. The Kier molecular flexibility index (Phi) is 3.34. The Morgan fingerprint density at radius 2 is 2.14 bits per heavy atom. The van der Waals surface area contributed by atoms with Crippen LogP contribution in [0.3, 0.4) is 0 Å². The molecule has 14 heavy (non-hydrogen) atoms. The molecule has 0 radical (unpaired) electrons. The van der Waals surface area contributed by atoms with Crippen LogP contribution in [0, 0.1) is 0 Å². The molecule has 0 aromatic carbocycles. The summed E-state index contributed by atoms with van der Waals surface area (Å²) in [6.45, 7) is -0.268. The summed E-state index contributed by atoms with van der Waals surface area (Å²) < 4.78 is 28.8. The van der Waals surface area contributed by atoms with Crippen LogP contribution in [0.2, 0.25) is 0 Å². The van der Waals surface area contributed by atoms with Crippen molar-refractivity contribution in [1.82, 2.24) is 4.90 Å². The number of hydrogen-bond donors (Lipinski definition) is 1. The summed E-state index contributed by atoms with van der Waals surface area (Å²) >= 11 is 0. The number of alkyl halides is 2. The summed E-state index contributed by atoms with van der Waals surface area (Å²) in [6.07, 6.45) is -3.17. The third kappa shape index (κ3) is 2.16. The molecule has 1 fully saturated rings. The van der Waals surface area contributed by atoms with E-state index in [4.69, 9.17) is 9.84 Å². The smallest absolute Gasteiger partial charge is 0.328 e. The molecule has 1 aliphatic heterocycles. The molecule has 0 bridgehead atoms. The van der Waals surface area contributed by atoms with Crippen LogP contribution in [0.5, 0.6) is 0 Å². The predicted molar refractivity (Wildman–Crippen MR) is 40.0 cm³/mol. The van der Waals surface area contributed by atoms with E-state index in [0.29, 0.717) is 4.90 Å². The molecular weight excluding hydrogens is 200 g/mol. The monoisotopic (exact) mass is 209 g/mol. The third-order valence-corrected chi connectivity index (χ3v) is 1.88. The molecule has 1 saturated heterocycles. The largest absolute Gasteiger partial charge is 0.480 e. The zero-order valence-electron chi connectivity index (χ0n) is 7.15. The lowest BCUT2D eigenvalue weighted by atomic mass is 10.2. The van der Waals surface area contributed by atoms with Crippen molar-refractivity contribution in [3.63, 3.8) is 0 Å². The molecule has 1 rings (SSSR count). The number of nitrogens with zero attached hydrogens (tertiary/aromatic N) is 1. The first-order chi connectivity index (χ1) is 6.54. The lowest BCUT2D eigenvalue weighted by Gasteiger charge is -2.32. The number of rotatable bonds is 2. The minimum Gasteiger partial charge on any atom is -0.480 e. The molecule has 0 saturated carbocycles. The standard InChI is InChI=1S/C7H9F2NO4/c8-5(9)6(11)10-1-2-14-3-4(10)7(12)13/h4-5H,1-3H2,(H,12,13). The van der Waals surface area contributed by atoms with Gasteiger partial charge in [0.2, 0.25) is 0 Å². The molecule has 80 valence electrons. The number of carbonyl (C=O) groups is 2. The summed E-state index contributed by atoms with van der Waals surface area (Å²) in [5.41, 5.74) is 0. The van der Waals surface area contributed by atoms with E-state index in [1.54, 1.807) is 0 Å². The topological polar surface area (TPSA) is 66.8 Å². The van der Waals surface area contributed by atoms with Crippen molar-refractivity contribution in [2.24, 2.45) is 0 Å². The summed E-state index contributed by atoms with van der Waals surface area (Å²) in [4.78, 5) is 22.1. The van der Waals surface area contributed by atoms with E-state index in [2.05, 4.69) is 0 Å². The molecular formula is C7H9F2NO4. The Labute approximate surface area is 78.2 Å². The van der Waals surface area contributed by atoms with Gasteiger partial charge in [0.15, 0.2) is 6.04 Å². The van der Waals surface area contributed by atoms with Crippen molar-refractivity contribution < 1.29 is 28.2 Å². The van der Waals surface area contributed by atoms with E-state index in [0.717, 1.165) is 0 Å². The minimum absolute atomic E-state index is 0.0856. The molecule has 0 aliphatic carbocycles. The Bertz CT molecular complexity index is 246. The molecule has 0 aromatic rings. The van der Waals surface area contributed by atoms with Gasteiger partial charge < -0.3 is 14.7 Å². The van der Waals surface area contributed by atoms with Gasteiger partial charge in [-0.25, -0.2) is 4.79 Å². The van der Waals surface area contributed by atoms with Crippen molar-refractivity contribution in [3.8, 4) is 0 Å². The number of amides is 1.